The molecule has 0 atom stereocenters. The van der Waals surface area contributed by atoms with Crippen LogP contribution in [0.15, 0.2) is 30.3 Å². The molecule has 1 aromatic rings. The first kappa shape index (κ1) is 16.7. The van der Waals surface area contributed by atoms with E-state index in [1.807, 2.05) is 30.1 Å². The fourth-order valence-corrected chi connectivity index (χ4v) is 2.16. The average Bonchev–Trinajstić information content (AvgIpc) is 2.48. The highest BCUT2D eigenvalue weighted by atomic mass is 16.2. The van der Waals surface area contributed by atoms with E-state index in [-0.39, 0.29) is 5.91 Å². The number of carbonyl (C=O) groups excluding carboxylic acids is 1. The van der Waals surface area contributed by atoms with Crippen molar-refractivity contribution in [2.75, 3.05) is 39.8 Å². The molecule has 20 heavy (non-hydrogen) atoms. The number of likely N-dealkylation sites (N-methyl/N-ethyl adjacent to an activating group) is 2. The molecule has 0 bridgehead atoms. The number of hydrogen-bond donors (Lipinski definition) is 1. The molecule has 0 radical (unpaired) electrons. The molecule has 0 saturated heterocycles. The standard InChI is InChI=1S/C16H27N3O/c1-4-18(5-2)11-12-19(16(20)13-17-3)14-15-9-7-6-8-10-15/h6-10,17H,4-5,11-14H2,1-3H3. The predicted molar refractivity (Wildman–Crippen MR) is 83.6 cm³/mol. The first-order valence-corrected chi connectivity index (χ1v) is 7.39. The zero-order valence-electron chi connectivity index (χ0n) is 12.9. The van der Waals surface area contributed by atoms with Crippen molar-refractivity contribution >= 4 is 5.91 Å². The molecule has 0 spiro atoms. The van der Waals surface area contributed by atoms with E-state index in [1.165, 1.54) is 5.56 Å². The van der Waals surface area contributed by atoms with Gasteiger partial charge in [-0.25, -0.2) is 0 Å². The molecule has 0 aromatic heterocycles. The van der Waals surface area contributed by atoms with Crippen LogP contribution in [0.1, 0.15) is 19.4 Å². The highest BCUT2D eigenvalue weighted by Crippen LogP contribution is 2.05. The Balaban J connectivity index is 2.62. The zero-order valence-corrected chi connectivity index (χ0v) is 12.9. The molecule has 1 amide bonds. The number of hydrogen-bond acceptors (Lipinski definition) is 3. The molecule has 0 aliphatic heterocycles. The Hall–Kier alpha value is -1.39. The number of rotatable bonds is 9. The van der Waals surface area contributed by atoms with Crippen molar-refractivity contribution in [3.05, 3.63) is 35.9 Å². The van der Waals surface area contributed by atoms with Crippen LogP contribution in [0.5, 0.6) is 0 Å². The summed E-state index contributed by atoms with van der Waals surface area (Å²) in [6.45, 7) is 9.13. The summed E-state index contributed by atoms with van der Waals surface area (Å²) in [6.07, 6.45) is 0. The summed E-state index contributed by atoms with van der Waals surface area (Å²) < 4.78 is 0. The molecule has 112 valence electrons. The van der Waals surface area contributed by atoms with E-state index < -0.39 is 0 Å². The third kappa shape index (κ3) is 5.72. The predicted octanol–water partition coefficient (Wildman–Crippen LogP) is 1.58. The third-order valence-corrected chi connectivity index (χ3v) is 3.48. The van der Waals surface area contributed by atoms with Crippen LogP contribution in [0.4, 0.5) is 0 Å². The maximum Gasteiger partial charge on any atom is 0.236 e. The quantitative estimate of drug-likeness (QED) is 0.744. The van der Waals surface area contributed by atoms with Gasteiger partial charge in [-0.1, -0.05) is 44.2 Å². The van der Waals surface area contributed by atoms with Gasteiger partial charge in [0, 0.05) is 19.6 Å². The fourth-order valence-electron chi connectivity index (χ4n) is 2.16. The minimum Gasteiger partial charge on any atom is -0.336 e. The average molecular weight is 277 g/mol. The topological polar surface area (TPSA) is 35.6 Å². The lowest BCUT2D eigenvalue weighted by molar-refractivity contribution is -0.131. The maximum absolute atomic E-state index is 12.2. The largest absolute Gasteiger partial charge is 0.336 e. The summed E-state index contributed by atoms with van der Waals surface area (Å²) in [5.74, 6) is 0.156. The Morgan fingerprint density at radius 1 is 1.10 bits per heavy atom. The Labute approximate surface area is 122 Å². The van der Waals surface area contributed by atoms with Crippen molar-refractivity contribution < 1.29 is 4.79 Å². The van der Waals surface area contributed by atoms with Crippen LogP contribution < -0.4 is 5.32 Å². The third-order valence-electron chi connectivity index (χ3n) is 3.48. The van der Waals surface area contributed by atoms with E-state index in [0.29, 0.717) is 13.1 Å². The van der Waals surface area contributed by atoms with Crippen LogP contribution in [-0.2, 0) is 11.3 Å². The van der Waals surface area contributed by atoms with E-state index in [2.05, 4.69) is 36.2 Å². The van der Waals surface area contributed by atoms with Crippen molar-refractivity contribution in [3.63, 3.8) is 0 Å². The van der Waals surface area contributed by atoms with E-state index in [1.54, 1.807) is 0 Å². The lowest BCUT2D eigenvalue weighted by Crippen LogP contribution is -2.41. The summed E-state index contributed by atoms with van der Waals surface area (Å²) in [7, 11) is 1.81. The zero-order chi connectivity index (χ0) is 14.8. The van der Waals surface area contributed by atoms with Crippen LogP contribution in [0, 0.1) is 0 Å². The van der Waals surface area contributed by atoms with E-state index in [0.717, 1.165) is 26.2 Å². The van der Waals surface area contributed by atoms with Crippen LogP contribution in [0.2, 0.25) is 0 Å². The van der Waals surface area contributed by atoms with Crippen LogP contribution in [0.3, 0.4) is 0 Å². The number of carbonyl (C=O) groups is 1. The molecule has 0 fully saturated rings. The van der Waals surface area contributed by atoms with Crippen molar-refractivity contribution in [3.8, 4) is 0 Å². The van der Waals surface area contributed by atoms with Gasteiger partial charge >= 0.3 is 0 Å². The summed E-state index contributed by atoms with van der Waals surface area (Å²) in [4.78, 5) is 16.5. The Morgan fingerprint density at radius 2 is 1.75 bits per heavy atom. The molecular formula is C16H27N3O. The maximum atomic E-state index is 12.2. The lowest BCUT2D eigenvalue weighted by atomic mass is 10.2. The molecule has 0 aliphatic rings. The Bertz CT molecular complexity index is 377. The second-order valence-corrected chi connectivity index (χ2v) is 4.86. The van der Waals surface area contributed by atoms with Gasteiger partial charge in [0.05, 0.1) is 6.54 Å². The van der Waals surface area contributed by atoms with Crippen molar-refractivity contribution in [2.24, 2.45) is 0 Å². The number of amides is 1. The molecule has 1 rings (SSSR count). The molecular weight excluding hydrogens is 250 g/mol. The summed E-state index contributed by atoms with van der Waals surface area (Å²) in [5, 5.41) is 2.94. The molecule has 4 heteroatoms. The van der Waals surface area contributed by atoms with Gasteiger partial charge in [0.15, 0.2) is 0 Å². The van der Waals surface area contributed by atoms with Crippen molar-refractivity contribution in [2.45, 2.75) is 20.4 Å². The Morgan fingerprint density at radius 3 is 2.30 bits per heavy atom. The molecule has 0 aliphatic carbocycles. The lowest BCUT2D eigenvalue weighted by Gasteiger charge is -2.26. The van der Waals surface area contributed by atoms with Gasteiger partial charge in [-0.05, 0) is 25.7 Å². The molecule has 1 N–H and O–H groups in total. The molecule has 0 saturated carbocycles. The SMILES string of the molecule is CCN(CC)CCN(Cc1ccccc1)C(=O)CNC. The van der Waals surface area contributed by atoms with Gasteiger partial charge in [0.25, 0.3) is 0 Å². The van der Waals surface area contributed by atoms with E-state index in [9.17, 15) is 4.79 Å². The van der Waals surface area contributed by atoms with Gasteiger partial charge in [-0.15, -0.1) is 0 Å². The second kappa shape index (κ2) is 9.50. The van der Waals surface area contributed by atoms with Crippen LogP contribution in [-0.4, -0.2) is 55.5 Å². The van der Waals surface area contributed by atoms with Crippen molar-refractivity contribution in [1.29, 1.82) is 0 Å². The summed E-state index contributed by atoms with van der Waals surface area (Å²) in [6, 6.07) is 10.2. The van der Waals surface area contributed by atoms with Crippen molar-refractivity contribution in [1.82, 2.24) is 15.1 Å². The highest BCUT2D eigenvalue weighted by Gasteiger charge is 2.14. The van der Waals surface area contributed by atoms with Crippen LogP contribution >= 0.6 is 0 Å². The fraction of sp³-hybridized carbons (Fsp3) is 0.562. The first-order chi connectivity index (χ1) is 9.71. The molecule has 1 aromatic carbocycles. The summed E-state index contributed by atoms with van der Waals surface area (Å²) in [5.41, 5.74) is 1.18. The van der Waals surface area contributed by atoms with Gasteiger partial charge in [0.2, 0.25) is 5.91 Å². The monoisotopic (exact) mass is 277 g/mol. The number of nitrogens with one attached hydrogen (secondary N) is 1. The van der Waals surface area contributed by atoms with Gasteiger partial charge in [0.1, 0.15) is 0 Å². The minimum absolute atomic E-state index is 0.156. The number of benzene rings is 1. The van der Waals surface area contributed by atoms with Gasteiger partial charge in [-0.3, -0.25) is 4.79 Å². The smallest absolute Gasteiger partial charge is 0.236 e. The normalized spacial score (nSPS) is 10.8. The molecule has 4 nitrogen and oxygen atoms in total. The highest BCUT2D eigenvalue weighted by molar-refractivity contribution is 5.78. The van der Waals surface area contributed by atoms with E-state index >= 15 is 0 Å². The molecule has 0 unspecified atom stereocenters. The van der Waals surface area contributed by atoms with Crippen LogP contribution in [0.25, 0.3) is 0 Å². The molecule has 0 heterocycles. The Kier molecular flexibility index (Phi) is 7.92. The first-order valence-electron chi connectivity index (χ1n) is 7.39. The number of nitrogens with zero attached hydrogens (tertiary/aromatic N) is 2. The minimum atomic E-state index is 0.156. The van der Waals surface area contributed by atoms with E-state index in [4.69, 9.17) is 0 Å². The van der Waals surface area contributed by atoms with Gasteiger partial charge in [-0.2, -0.15) is 0 Å². The second-order valence-electron chi connectivity index (χ2n) is 4.86. The summed E-state index contributed by atoms with van der Waals surface area (Å²) >= 11 is 0. The van der Waals surface area contributed by atoms with Gasteiger partial charge < -0.3 is 15.1 Å².